The predicted molar refractivity (Wildman–Crippen MR) is 107 cm³/mol. The van der Waals surface area contributed by atoms with Crippen LogP contribution in [0.3, 0.4) is 0 Å². The maximum Gasteiger partial charge on any atom is 0.347 e. The fourth-order valence-corrected chi connectivity index (χ4v) is 5.61. The fraction of sp³-hybridized carbons (Fsp3) is 0.0588. The molecule has 0 unspecified atom stereocenters. The van der Waals surface area contributed by atoms with Crippen molar-refractivity contribution in [2.45, 2.75) is 6.92 Å². The van der Waals surface area contributed by atoms with Gasteiger partial charge in [0.15, 0.2) is 7.85 Å². The molecule has 5 rings (SSSR count). The number of thiophene rings is 2. The molecule has 1 aliphatic heterocycles. The molecule has 26 heavy (non-hydrogen) atoms. The Balaban J connectivity index is 1.98. The minimum absolute atomic E-state index is 0.304. The summed E-state index contributed by atoms with van der Waals surface area (Å²) in [6.07, 6.45) is 0. The Morgan fingerprint density at radius 1 is 0.846 bits per heavy atom. The first kappa shape index (κ1) is 15.9. The number of fused-ring (bicyclic) bond motifs is 2. The van der Waals surface area contributed by atoms with Crippen LogP contribution >= 0.6 is 34.4 Å². The van der Waals surface area contributed by atoms with Crippen molar-refractivity contribution in [3.8, 4) is 20.9 Å². The lowest BCUT2D eigenvalue weighted by Gasteiger charge is -2.09. The first-order valence-corrected chi connectivity index (χ1v) is 10.1. The minimum Gasteiger partial charge on any atom is -0.386 e. The second-order valence-electron chi connectivity index (χ2n) is 5.96. The number of carbonyl (C=O) groups excluding carboxylic acids is 2. The molecular weight excluding hydrogens is 387 g/mol. The van der Waals surface area contributed by atoms with E-state index in [1.54, 1.807) is 22.7 Å². The smallest absolute Gasteiger partial charge is 0.347 e. The molecule has 0 fully saturated rings. The Morgan fingerprint density at radius 3 is 1.92 bits per heavy atom. The van der Waals surface area contributed by atoms with Gasteiger partial charge in [-0.2, -0.15) is 20.1 Å². The number of aryl methyl sites for hydroxylation is 1. The van der Waals surface area contributed by atoms with Gasteiger partial charge in [-0.1, -0.05) is 6.07 Å². The molecule has 4 heterocycles. The van der Waals surface area contributed by atoms with Crippen LogP contribution in [0.2, 0.25) is 0 Å². The average molecular weight is 396 g/mol. The first-order valence-electron chi connectivity index (χ1n) is 7.77. The molecule has 3 aromatic heterocycles. The van der Waals surface area contributed by atoms with Crippen LogP contribution in [0.15, 0.2) is 24.3 Å². The zero-order chi connectivity index (χ0) is 18.0. The van der Waals surface area contributed by atoms with Crippen molar-refractivity contribution >= 4 is 70.0 Å². The van der Waals surface area contributed by atoms with E-state index in [0.717, 1.165) is 31.1 Å². The Hall–Kier alpha value is -2.36. The topological polar surface area (TPSA) is 69.2 Å². The van der Waals surface area contributed by atoms with E-state index in [2.05, 4.69) is 8.75 Å². The summed E-state index contributed by atoms with van der Waals surface area (Å²) in [6, 6.07) is 7.85. The van der Waals surface area contributed by atoms with Gasteiger partial charge in [0.25, 0.3) is 0 Å². The summed E-state index contributed by atoms with van der Waals surface area (Å²) in [5.74, 6) is -1.23. The van der Waals surface area contributed by atoms with Crippen molar-refractivity contribution in [3.63, 3.8) is 0 Å². The summed E-state index contributed by atoms with van der Waals surface area (Å²) >= 11 is 4.19. The van der Waals surface area contributed by atoms with Crippen LogP contribution < -0.4 is 4.78 Å². The quantitative estimate of drug-likeness (QED) is 0.296. The second-order valence-corrected chi connectivity index (χ2v) is 9.06. The number of benzene rings is 1. The van der Waals surface area contributed by atoms with Gasteiger partial charge in [0.1, 0.15) is 11.0 Å². The highest BCUT2D eigenvalue weighted by atomic mass is 32.1. The molecule has 5 nitrogen and oxygen atoms in total. The van der Waals surface area contributed by atoms with E-state index >= 15 is 0 Å². The Kier molecular flexibility index (Phi) is 3.40. The number of esters is 2. The zero-order valence-corrected chi connectivity index (χ0v) is 16.1. The van der Waals surface area contributed by atoms with Gasteiger partial charge in [-0.25, -0.2) is 9.59 Å². The summed E-state index contributed by atoms with van der Waals surface area (Å²) in [5.41, 5.74) is 3.19. The second kappa shape index (κ2) is 5.57. The van der Waals surface area contributed by atoms with Gasteiger partial charge in [-0.3, -0.25) is 0 Å². The van der Waals surface area contributed by atoms with E-state index in [1.807, 2.05) is 39.0 Å². The molecule has 0 spiro atoms. The predicted octanol–water partition coefficient (Wildman–Crippen LogP) is 3.03. The molecule has 0 saturated heterocycles. The molecule has 1 aromatic carbocycles. The van der Waals surface area contributed by atoms with Gasteiger partial charge in [-0.05, 0) is 29.9 Å². The van der Waals surface area contributed by atoms with Crippen molar-refractivity contribution in [1.82, 2.24) is 8.75 Å². The monoisotopic (exact) mass is 396 g/mol. The number of ether oxygens (including phenoxy) is 1. The van der Waals surface area contributed by atoms with Crippen LogP contribution in [0.25, 0.3) is 31.9 Å². The summed E-state index contributed by atoms with van der Waals surface area (Å²) in [5, 5.41) is 0. The van der Waals surface area contributed by atoms with Gasteiger partial charge in [0, 0.05) is 25.8 Å². The number of hydrogen-bond acceptors (Lipinski definition) is 8. The third kappa shape index (κ3) is 2.14. The third-order valence-corrected chi connectivity index (χ3v) is 6.84. The highest BCUT2D eigenvalue weighted by molar-refractivity contribution is 7.23. The van der Waals surface area contributed by atoms with Crippen molar-refractivity contribution in [1.29, 1.82) is 0 Å². The molecule has 0 amide bonds. The number of aromatic nitrogens is 2. The van der Waals surface area contributed by atoms with Crippen molar-refractivity contribution in [2.24, 2.45) is 0 Å². The number of nitrogens with zero attached hydrogens (tertiary/aromatic N) is 2. The zero-order valence-electron chi connectivity index (χ0n) is 13.7. The average Bonchev–Trinajstić information content (AvgIpc) is 3.36. The molecule has 0 radical (unpaired) electrons. The van der Waals surface area contributed by atoms with Crippen LogP contribution in [-0.2, 0) is 4.74 Å². The van der Waals surface area contributed by atoms with E-state index in [4.69, 9.17) is 4.74 Å². The fourth-order valence-electron chi connectivity index (χ4n) is 3.22. The molecular formula is C17H9BN2O3S3. The van der Waals surface area contributed by atoms with Crippen molar-refractivity contribution < 1.29 is 14.3 Å². The van der Waals surface area contributed by atoms with Crippen molar-refractivity contribution in [2.75, 3.05) is 0 Å². The van der Waals surface area contributed by atoms with Gasteiger partial charge < -0.3 is 4.74 Å². The highest BCUT2D eigenvalue weighted by Gasteiger charge is 2.39. The summed E-state index contributed by atoms with van der Waals surface area (Å²) in [6.45, 7) is 2.00. The number of hydrogen-bond donors (Lipinski definition) is 0. The van der Waals surface area contributed by atoms with Crippen LogP contribution in [0.5, 0.6) is 0 Å². The lowest BCUT2D eigenvalue weighted by molar-refractivity contribution is 0.0444. The van der Waals surface area contributed by atoms with E-state index in [9.17, 15) is 9.59 Å². The number of carbonyl (C=O) groups is 2. The molecule has 126 valence electrons. The molecule has 0 saturated carbocycles. The summed E-state index contributed by atoms with van der Waals surface area (Å²) < 4.78 is 15.0. The van der Waals surface area contributed by atoms with Gasteiger partial charge in [-0.15, -0.1) is 11.3 Å². The molecule has 0 bridgehead atoms. The molecule has 1 aliphatic rings. The first-order chi connectivity index (χ1) is 12.5. The highest BCUT2D eigenvalue weighted by Crippen LogP contribution is 2.46. The van der Waals surface area contributed by atoms with Gasteiger partial charge in [0.2, 0.25) is 0 Å². The van der Waals surface area contributed by atoms with E-state index in [-0.39, 0.29) is 0 Å². The van der Waals surface area contributed by atoms with Crippen molar-refractivity contribution in [3.05, 3.63) is 40.3 Å². The molecule has 0 atom stereocenters. The standard InChI is InChI=1S/C17H9BN2O3S3/c1-6-2-3-7(24-6)10-12-13(17(22)23-16(12)21)11(8-4-5-9(18)25-8)15-14(10)19-26-20-15/h2-5H,18H2,1H3. The minimum atomic E-state index is -0.615. The Labute approximate surface area is 161 Å². The number of rotatable bonds is 2. The lowest BCUT2D eigenvalue weighted by atomic mass is 9.93. The molecule has 0 N–H and O–H groups in total. The SMILES string of the molecule is Bc1ccc(-c2c3c(c(-c4ccc(C)s4)c4nsnc24)C(=O)OC3=O)s1. The van der Waals surface area contributed by atoms with Crippen LogP contribution in [0, 0.1) is 6.92 Å². The van der Waals surface area contributed by atoms with E-state index < -0.39 is 11.9 Å². The van der Waals surface area contributed by atoms with Crippen LogP contribution in [-0.4, -0.2) is 28.5 Å². The Bertz CT molecular complexity index is 1150. The molecule has 0 aliphatic carbocycles. The molecule has 4 aromatic rings. The Morgan fingerprint density at radius 2 is 1.42 bits per heavy atom. The largest absolute Gasteiger partial charge is 0.386 e. The maximum atomic E-state index is 12.6. The third-order valence-electron chi connectivity index (χ3n) is 4.28. The van der Waals surface area contributed by atoms with Crippen LogP contribution in [0.4, 0.5) is 0 Å². The summed E-state index contributed by atoms with van der Waals surface area (Å²) in [4.78, 5) is 28.0. The molecule has 9 heteroatoms. The lowest BCUT2D eigenvalue weighted by Crippen LogP contribution is -2.00. The maximum absolute atomic E-state index is 12.6. The van der Waals surface area contributed by atoms with E-state index in [0.29, 0.717) is 33.3 Å². The van der Waals surface area contributed by atoms with Gasteiger partial charge >= 0.3 is 11.9 Å². The van der Waals surface area contributed by atoms with Gasteiger partial charge in [0.05, 0.1) is 22.9 Å². The van der Waals surface area contributed by atoms with E-state index in [1.165, 1.54) is 0 Å². The normalized spacial score (nSPS) is 13.4. The van der Waals surface area contributed by atoms with Crippen LogP contribution in [0.1, 0.15) is 25.6 Å². The summed E-state index contributed by atoms with van der Waals surface area (Å²) in [7, 11) is 2.00. The number of cyclic esters (lactones) is 2.